The molecule has 3 nitrogen and oxygen atoms in total. The third kappa shape index (κ3) is 2.43. The lowest BCUT2D eigenvalue weighted by Crippen LogP contribution is -2.26. The average Bonchev–Trinajstić information content (AvgIpc) is 2.76. The van der Waals surface area contributed by atoms with Crippen molar-refractivity contribution in [2.75, 3.05) is 0 Å². The second-order valence-electron chi connectivity index (χ2n) is 3.97. The molecule has 1 aromatic heterocycles. The molecule has 1 N–H and O–H groups in total. The molecule has 1 aliphatic rings. The molecule has 1 saturated carbocycles. The fraction of sp³-hybridized carbons (Fsp3) is 0.545. The zero-order chi connectivity index (χ0) is 10.8. The third-order valence-electron chi connectivity index (χ3n) is 2.76. The van der Waals surface area contributed by atoms with Crippen LogP contribution in [0, 0.1) is 5.92 Å². The molecule has 1 fully saturated rings. The average molecular weight is 272 g/mol. The Balaban J connectivity index is 1.87. The number of carbonyl (C=O) groups is 1. The van der Waals surface area contributed by atoms with Crippen molar-refractivity contribution in [1.82, 2.24) is 5.32 Å². The van der Waals surface area contributed by atoms with Gasteiger partial charge in [0.15, 0.2) is 4.67 Å². The highest BCUT2D eigenvalue weighted by atomic mass is 79.9. The highest BCUT2D eigenvalue weighted by molar-refractivity contribution is 9.10. The molecule has 1 amide bonds. The molecule has 2 atom stereocenters. The van der Waals surface area contributed by atoms with Gasteiger partial charge in [0, 0.05) is 6.04 Å². The Morgan fingerprint density at radius 2 is 2.53 bits per heavy atom. The summed E-state index contributed by atoms with van der Waals surface area (Å²) in [6.45, 7) is 2.17. The van der Waals surface area contributed by atoms with Crippen LogP contribution in [0.5, 0.6) is 0 Å². The third-order valence-corrected chi connectivity index (χ3v) is 3.38. The predicted octanol–water partition coefficient (Wildman–Crippen LogP) is 2.96. The van der Waals surface area contributed by atoms with Gasteiger partial charge in [-0.05, 0) is 40.8 Å². The minimum Gasteiger partial charge on any atom is -0.457 e. The topological polar surface area (TPSA) is 42.2 Å². The second kappa shape index (κ2) is 4.39. The van der Waals surface area contributed by atoms with Crippen molar-refractivity contribution in [3.63, 3.8) is 0 Å². The first-order valence-electron chi connectivity index (χ1n) is 5.26. The van der Waals surface area contributed by atoms with E-state index in [1.54, 1.807) is 6.07 Å². The van der Waals surface area contributed by atoms with E-state index in [1.807, 2.05) is 0 Å². The van der Waals surface area contributed by atoms with Crippen LogP contribution >= 0.6 is 15.9 Å². The number of halogens is 1. The predicted molar refractivity (Wildman–Crippen MR) is 60.7 cm³/mol. The maximum Gasteiger partial charge on any atom is 0.255 e. The van der Waals surface area contributed by atoms with E-state index in [-0.39, 0.29) is 5.91 Å². The molecule has 0 aliphatic heterocycles. The van der Waals surface area contributed by atoms with Gasteiger partial charge in [-0.2, -0.15) is 0 Å². The summed E-state index contributed by atoms with van der Waals surface area (Å²) in [4.78, 5) is 11.7. The van der Waals surface area contributed by atoms with E-state index >= 15 is 0 Å². The Labute approximate surface area is 97.4 Å². The van der Waals surface area contributed by atoms with Crippen LogP contribution in [0.2, 0.25) is 0 Å². The summed E-state index contributed by atoms with van der Waals surface area (Å²) in [6.07, 6.45) is 5.02. The minimum absolute atomic E-state index is 0.0424. The van der Waals surface area contributed by atoms with Crippen LogP contribution in [0.15, 0.2) is 21.4 Å². The lowest BCUT2D eigenvalue weighted by atomic mass is 10.2. The summed E-state index contributed by atoms with van der Waals surface area (Å²) >= 11 is 3.20. The zero-order valence-corrected chi connectivity index (χ0v) is 10.2. The minimum atomic E-state index is -0.0424. The molecule has 1 heterocycles. The normalized spacial score (nSPS) is 23.9. The van der Waals surface area contributed by atoms with E-state index in [2.05, 4.69) is 28.2 Å². The number of rotatable bonds is 4. The number of nitrogens with one attached hydrogen (secondary N) is 1. The number of amides is 1. The van der Waals surface area contributed by atoms with Crippen LogP contribution in [0.4, 0.5) is 0 Å². The van der Waals surface area contributed by atoms with E-state index < -0.39 is 0 Å². The second-order valence-corrected chi connectivity index (χ2v) is 4.69. The lowest BCUT2D eigenvalue weighted by molar-refractivity contribution is 0.0947. The fourth-order valence-corrected chi connectivity index (χ4v) is 2.24. The molecule has 82 valence electrons. The highest BCUT2D eigenvalue weighted by Gasteiger charge is 2.37. The lowest BCUT2D eigenvalue weighted by Gasteiger charge is -2.02. The summed E-state index contributed by atoms with van der Waals surface area (Å²) in [6, 6.07) is 2.05. The molecule has 0 radical (unpaired) electrons. The van der Waals surface area contributed by atoms with Gasteiger partial charge in [-0.15, -0.1) is 0 Å². The van der Waals surface area contributed by atoms with Crippen LogP contribution in [0.25, 0.3) is 0 Å². The first-order valence-corrected chi connectivity index (χ1v) is 6.05. The van der Waals surface area contributed by atoms with Gasteiger partial charge >= 0.3 is 0 Å². The van der Waals surface area contributed by atoms with Gasteiger partial charge in [0.2, 0.25) is 0 Å². The summed E-state index contributed by atoms with van der Waals surface area (Å²) in [7, 11) is 0. The molecule has 15 heavy (non-hydrogen) atoms. The smallest absolute Gasteiger partial charge is 0.255 e. The Bertz CT molecular complexity index is 361. The van der Waals surface area contributed by atoms with Crippen molar-refractivity contribution in [2.24, 2.45) is 5.92 Å². The van der Waals surface area contributed by atoms with Crippen LogP contribution in [-0.2, 0) is 0 Å². The summed E-state index contributed by atoms with van der Waals surface area (Å²) in [5, 5.41) is 3.00. The zero-order valence-electron chi connectivity index (χ0n) is 8.63. The molecule has 4 heteroatoms. The standard InChI is InChI=1S/C11H14BrNO2/c1-2-3-7-6-9(7)13-11(14)8-4-5-15-10(8)12/h4-5,7,9H,2-3,6H2,1H3,(H,13,14). The molecular formula is C11H14BrNO2. The Morgan fingerprint density at radius 3 is 3.13 bits per heavy atom. The molecule has 0 bridgehead atoms. The number of hydrogen-bond acceptors (Lipinski definition) is 2. The molecule has 2 unspecified atom stereocenters. The maximum absolute atomic E-state index is 11.7. The molecular weight excluding hydrogens is 258 g/mol. The van der Waals surface area contributed by atoms with E-state index in [0.717, 1.165) is 6.42 Å². The number of carbonyl (C=O) groups excluding carboxylic acids is 1. The quantitative estimate of drug-likeness (QED) is 0.915. The van der Waals surface area contributed by atoms with Gasteiger partial charge in [0.05, 0.1) is 11.8 Å². The molecule has 2 rings (SSSR count). The molecule has 0 spiro atoms. The van der Waals surface area contributed by atoms with Crippen molar-refractivity contribution in [2.45, 2.75) is 32.2 Å². The van der Waals surface area contributed by atoms with Gasteiger partial charge in [-0.1, -0.05) is 13.3 Å². The Morgan fingerprint density at radius 1 is 1.73 bits per heavy atom. The van der Waals surface area contributed by atoms with Crippen LogP contribution in [-0.4, -0.2) is 11.9 Å². The fourth-order valence-electron chi connectivity index (χ4n) is 1.82. The van der Waals surface area contributed by atoms with Crippen LogP contribution in [0.1, 0.15) is 36.5 Å². The Hall–Kier alpha value is -0.770. The number of hydrogen-bond donors (Lipinski definition) is 1. The molecule has 1 aromatic rings. The molecule has 0 aromatic carbocycles. The highest BCUT2D eigenvalue weighted by Crippen LogP contribution is 2.35. The maximum atomic E-state index is 11.7. The summed E-state index contributed by atoms with van der Waals surface area (Å²) in [5.41, 5.74) is 0.581. The van der Waals surface area contributed by atoms with Crippen molar-refractivity contribution < 1.29 is 9.21 Å². The van der Waals surface area contributed by atoms with Crippen molar-refractivity contribution in [3.05, 3.63) is 22.6 Å². The largest absolute Gasteiger partial charge is 0.457 e. The monoisotopic (exact) mass is 271 g/mol. The van der Waals surface area contributed by atoms with Crippen LogP contribution < -0.4 is 5.32 Å². The van der Waals surface area contributed by atoms with Gasteiger partial charge in [-0.25, -0.2) is 0 Å². The van der Waals surface area contributed by atoms with E-state index in [1.165, 1.54) is 19.1 Å². The number of furan rings is 1. The first kappa shape index (κ1) is 10.7. The summed E-state index contributed by atoms with van der Waals surface area (Å²) in [5.74, 6) is 0.642. The van der Waals surface area contributed by atoms with Gasteiger partial charge < -0.3 is 9.73 Å². The van der Waals surface area contributed by atoms with E-state index in [0.29, 0.717) is 22.2 Å². The van der Waals surface area contributed by atoms with Crippen molar-refractivity contribution >= 4 is 21.8 Å². The SMILES string of the molecule is CCCC1CC1NC(=O)c1ccoc1Br. The van der Waals surface area contributed by atoms with E-state index in [9.17, 15) is 4.79 Å². The van der Waals surface area contributed by atoms with Crippen molar-refractivity contribution in [3.8, 4) is 0 Å². The van der Waals surface area contributed by atoms with Crippen LogP contribution in [0.3, 0.4) is 0 Å². The Kier molecular flexibility index (Phi) is 3.14. The van der Waals surface area contributed by atoms with Gasteiger partial charge in [-0.3, -0.25) is 4.79 Å². The van der Waals surface area contributed by atoms with Gasteiger partial charge in [0.1, 0.15) is 0 Å². The van der Waals surface area contributed by atoms with E-state index in [4.69, 9.17) is 4.42 Å². The van der Waals surface area contributed by atoms with Gasteiger partial charge in [0.25, 0.3) is 5.91 Å². The first-order chi connectivity index (χ1) is 7.22. The molecule has 1 aliphatic carbocycles. The molecule has 0 saturated heterocycles. The summed E-state index contributed by atoms with van der Waals surface area (Å²) < 4.78 is 5.52. The van der Waals surface area contributed by atoms with Crippen molar-refractivity contribution in [1.29, 1.82) is 0 Å².